The molecule has 0 saturated heterocycles. The molecule has 10 heteroatoms. The fourth-order valence-corrected chi connectivity index (χ4v) is 5.52. The smallest absolute Gasteiger partial charge is 0.323 e. The maximum atomic E-state index is 13.6. The van der Waals surface area contributed by atoms with Crippen LogP contribution < -0.4 is 20.1 Å². The Morgan fingerprint density at radius 3 is 2.36 bits per heavy atom. The molecule has 3 N–H and O–H groups in total. The fraction of sp³-hybridized carbons (Fsp3) is 0.297. The van der Waals surface area contributed by atoms with Crippen molar-refractivity contribution in [3.63, 3.8) is 0 Å². The number of aliphatic hydroxyl groups is 1. The molecule has 0 fully saturated rings. The van der Waals surface area contributed by atoms with Gasteiger partial charge < -0.3 is 30.1 Å². The number of carbonyl (C=O) groups excluding carboxylic acids is 2. The van der Waals surface area contributed by atoms with Gasteiger partial charge in [-0.15, -0.1) is 0 Å². The van der Waals surface area contributed by atoms with E-state index in [4.69, 9.17) is 9.47 Å². The molecule has 1 heterocycles. The quantitative estimate of drug-likeness (QED) is 0.182. The number of anilines is 2. The maximum absolute atomic E-state index is 13.6. The van der Waals surface area contributed by atoms with Crippen molar-refractivity contribution in [1.82, 2.24) is 9.80 Å². The Kier molecular flexibility index (Phi) is 11.1. The molecular formula is C37H41FN4O5. The molecule has 0 aromatic heterocycles. The van der Waals surface area contributed by atoms with E-state index in [0.717, 1.165) is 17.1 Å². The lowest BCUT2D eigenvalue weighted by atomic mass is 10.0. The largest absolute Gasteiger partial charge is 0.488 e. The highest BCUT2D eigenvalue weighted by atomic mass is 19.1. The molecule has 1 aliphatic heterocycles. The van der Waals surface area contributed by atoms with E-state index in [1.165, 1.54) is 24.3 Å². The SMILES string of the molecule is C[C@H]1CN([C@@H](C)CO)C(=O)Cc2cc(NC(=O)Nc3ccc(F)cc3)ccc2O[C@H]1CN(C)Cc1ccc(Oc2ccccc2)cc1. The van der Waals surface area contributed by atoms with Crippen molar-refractivity contribution in [1.29, 1.82) is 0 Å². The Morgan fingerprint density at radius 1 is 1.00 bits per heavy atom. The number of amides is 3. The molecule has 0 aliphatic carbocycles. The summed E-state index contributed by atoms with van der Waals surface area (Å²) in [7, 11) is 2.03. The summed E-state index contributed by atoms with van der Waals surface area (Å²) < 4.78 is 25.8. The van der Waals surface area contributed by atoms with Gasteiger partial charge in [-0.2, -0.15) is 0 Å². The second-order valence-electron chi connectivity index (χ2n) is 12.1. The zero-order valence-corrected chi connectivity index (χ0v) is 26.9. The van der Waals surface area contributed by atoms with E-state index in [-0.39, 0.29) is 37.0 Å². The third-order valence-corrected chi connectivity index (χ3v) is 8.12. The van der Waals surface area contributed by atoms with E-state index in [1.54, 1.807) is 23.1 Å². The Balaban J connectivity index is 1.30. The highest BCUT2D eigenvalue weighted by Crippen LogP contribution is 2.30. The lowest BCUT2D eigenvalue weighted by Crippen LogP contribution is -2.47. The van der Waals surface area contributed by atoms with Gasteiger partial charge in [-0.25, -0.2) is 9.18 Å². The summed E-state index contributed by atoms with van der Waals surface area (Å²) in [6.07, 6.45) is -0.235. The molecule has 246 valence electrons. The van der Waals surface area contributed by atoms with Crippen molar-refractivity contribution < 1.29 is 28.6 Å². The number of rotatable bonds is 10. The molecule has 4 aromatic rings. The van der Waals surface area contributed by atoms with Crippen LogP contribution in [0.1, 0.15) is 25.0 Å². The first-order chi connectivity index (χ1) is 22.7. The molecule has 47 heavy (non-hydrogen) atoms. The number of urea groups is 1. The maximum Gasteiger partial charge on any atom is 0.323 e. The second-order valence-corrected chi connectivity index (χ2v) is 12.1. The lowest BCUT2D eigenvalue weighted by Gasteiger charge is -2.34. The lowest BCUT2D eigenvalue weighted by molar-refractivity contribution is -0.134. The average molecular weight is 641 g/mol. The molecule has 0 unspecified atom stereocenters. The number of nitrogens with zero attached hydrogens (tertiary/aromatic N) is 2. The molecule has 4 aromatic carbocycles. The standard InChI is InChI=1S/C37H41FN4O5/c1-25-21-42(26(2)24-43)36(44)20-28-19-31(40-37(45)39-30-13-11-29(38)12-14-30)15-18-34(28)47-35(25)23-41(3)22-27-9-16-33(17-10-27)46-32-7-5-4-6-8-32/h4-19,25-26,35,43H,20-24H2,1-3H3,(H2,39,40,45)/t25-,26-,35-/m0/s1. The topological polar surface area (TPSA) is 103 Å². The van der Waals surface area contributed by atoms with Crippen molar-refractivity contribution in [2.24, 2.45) is 5.92 Å². The molecular weight excluding hydrogens is 599 g/mol. The van der Waals surface area contributed by atoms with Crippen LogP contribution in [0.15, 0.2) is 97.1 Å². The van der Waals surface area contributed by atoms with Crippen LogP contribution in [0.4, 0.5) is 20.6 Å². The Morgan fingerprint density at radius 2 is 1.66 bits per heavy atom. The summed E-state index contributed by atoms with van der Waals surface area (Å²) in [4.78, 5) is 30.1. The van der Waals surface area contributed by atoms with Gasteiger partial charge in [-0.1, -0.05) is 37.3 Å². The molecule has 0 saturated carbocycles. The number of carbonyl (C=O) groups is 2. The first-order valence-electron chi connectivity index (χ1n) is 15.7. The van der Waals surface area contributed by atoms with E-state index >= 15 is 0 Å². The average Bonchev–Trinajstić information content (AvgIpc) is 3.10. The molecule has 9 nitrogen and oxygen atoms in total. The number of ether oxygens (including phenoxy) is 2. The van der Waals surface area contributed by atoms with Gasteiger partial charge in [0, 0.05) is 42.5 Å². The van der Waals surface area contributed by atoms with E-state index in [9.17, 15) is 19.1 Å². The summed E-state index contributed by atoms with van der Waals surface area (Å²) in [5.74, 6) is 1.52. The Labute approximate surface area is 274 Å². The van der Waals surface area contributed by atoms with Crippen LogP contribution in [0.25, 0.3) is 0 Å². The minimum atomic E-state index is -0.504. The van der Waals surface area contributed by atoms with Crippen molar-refractivity contribution in [3.05, 3.63) is 114 Å². The number of likely N-dealkylation sites (N-methyl/N-ethyl adjacent to an activating group) is 1. The van der Waals surface area contributed by atoms with E-state index in [1.807, 2.05) is 68.6 Å². The highest BCUT2D eigenvalue weighted by Gasteiger charge is 2.31. The molecule has 3 amide bonds. The first kappa shape index (κ1) is 33.4. The number of benzene rings is 4. The number of hydrogen-bond acceptors (Lipinski definition) is 6. The summed E-state index contributed by atoms with van der Waals surface area (Å²) in [5, 5.41) is 15.4. The van der Waals surface area contributed by atoms with Crippen molar-refractivity contribution in [2.45, 2.75) is 39.0 Å². The predicted molar refractivity (Wildman–Crippen MR) is 180 cm³/mol. The third kappa shape index (κ3) is 9.31. The van der Waals surface area contributed by atoms with E-state index in [2.05, 4.69) is 22.5 Å². The summed E-state index contributed by atoms with van der Waals surface area (Å²) >= 11 is 0. The van der Waals surface area contributed by atoms with Gasteiger partial charge in [-0.3, -0.25) is 9.69 Å². The van der Waals surface area contributed by atoms with Crippen LogP contribution in [0.2, 0.25) is 0 Å². The number of aliphatic hydroxyl groups excluding tert-OH is 1. The molecule has 3 atom stereocenters. The number of halogens is 1. The fourth-order valence-electron chi connectivity index (χ4n) is 5.52. The molecule has 0 spiro atoms. The summed E-state index contributed by atoms with van der Waals surface area (Å²) in [5.41, 5.74) is 2.66. The minimum absolute atomic E-state index is 0.0431. The number of hydrogen-bond donors (Lipinski definition) is 3. The number of para-hydroxylation sites is 1. The van der Waals surface area contributed by atoms with Crippen molar-refractivity contribution in [3.8, 4) is 17.2 Å². The second kappa shape index (κ2) is 15.6. The van der Waals surface area contributed by atoms with Gasteiger partial charge in [0.05, 0.1) is 19.1 Å². The summed E-state index contributed by atoms with van der Waals surface area (Å²) in [6.45, 7) is 5.40. The Bertz CT molecular complexity index is 1640. The third-order valence-electron chi connectivity index (χ3n) is 8.12. The van der Waals surface area contributed by atoms with E-state index < -0.39 is 11.8 Å². The van der Waals surface area contributed by atoms with E-state index in [0.29, 0.717) is 42.3 Å². The highest BCUT2D eigenvalue weighted by molar-refractivity contribution is 6.00. The zero-order valence-electron chi connectivity index (χ0n) is 26.9. The molecule has 0 bridgehead atoms. The molecule has 1 aliphatic rings. The van der Waals surface area contributed by atoms with Crippen LogP contribution in [0, 0.1) is 11.7 Å². The normalized spacial score (nSPS) is 17.1. The number of fused-ring (bicyclic) bond motifs is 1. The van der Waals surface area contributed by atoms with Crippen LogP contribution in [-0.4, -0.2) is 65.7 Å². The van der Waals surface area contributed by atoms with Gasteiger partial charge in [0.1, 0.15) is 29.2 Å². The van der Waals surface area contributed by atoms with Crippen LogP contribution in [0.3, 0.4) is 0 Å². The predicted octanol–water partition coefficient (Wildman–Crippen LogP) is 6.54. The van der Waals surface area contributed by atoms with Crippen molar-refractivity contribution in [2.75, 3.05) is 37.4 Å². The molecule has 0 radical (unpaired) electrons. The first-order valence-corrected chi connectivity index (χ1v) is 15.7. The van der Waals surface area contributed by atoms with Gasteiger partial charge >= 0.3 is 6.03 Å². The van der Waals surface area contributed by atoms with Crippen LogP contribution in [-0.2, 0) is 17.8 Å². The monoisotopic (exact) mass is 640 g/mol. The van der Waals surface area contributed by atoms with Gasteiger partial charge in [0.15, 0.2) is 0 Å². The van der Waals surface area contributed by atoms with Crippen molar-refractivity contribution >= 4 is 23.3 Å². The minimum Gasteiger partial charge on any atom is -0.488 e. The van der Waals surface area contributed by atoms with Gasteiger partial charge in [0.25, 0.3) is 0 Å². The van der Waals surface area contributed by atoms with Gasteiger partial charge in [0.2, 0.25) is 5.91 Å². The Hall–Kier alpha value is -4.93. The zero-order chi connectivity index (χ0) is 33.3. The number of nitrogens with one attached hydrogen (secondary N) is 2. The van der Waals surface area contributed by atoms with Crippen LogP contribution >= 0.6 is 0 Å². The summed E-state index contributed by atoms with van der Waals surface area (Å²) in [6, 6.07) is 27.5. The molecule has 5 rings (SSSR count). The van der Waals surface area contributed by atoms with Gasteiger partial charge in [-0.05, 0) is 86.3 Å². The van der Waals surface area contributed by atoms with Crippen LogP contribution in [0.5, 0.6) is 17.2 Å².